The maximum Gasteiger partial charge on any atom is 0.375 e. The van der Waals surface area contributed by atoms with E-state index in [0.717, 1.165) is 0 Å². The average molecular weight is 199 g/mol. The lowest BCUT2D eigenvalue weighted by Crippen LogP contribution is -1.99. The molecule has 0 unspecified atom stereocenters. The minimum atomic E-state index is -1.18. The van der Waals surface area contributed by atoms with Crippen LogP contribution in [-0.2, 0) is 0 Å². The second-order valence-electron chi connectivity index (χ2n) is 2.25. The van der Waals surface area contributed by atoms with Gasteiger partial charge in [-0.05, 0) is 0 Å². The summed E-state index contributed by atoms with van der Waals surface area (Å²) >= 11 is 5.56. The highest BCUT2D eigenvalue weighted by atomic mass is 35.5. The van der Waals surface area contributed by atoms with Crippen molar-refractivity contribution in [3.63, 3.8) is 0 Å². The smallest absolute Gasteiger partial charge is 0.375 e. The molecule has 0 saturated carbocycles. The van der Waals surface area contributed by atoms with Crippen molar-refractivity contribution in [2.24, 2.45) is 0 Å². The normalized spacial score (nSPS) is 10.5. The molecule has 66 valence electrons. The van der Waals surface area contributed by atoms with Crippen LogP contribution in [0, 0.1) is 0 Å². The Morgan fingerprint density at radius 1 is 1.62 bits per heavy atom. The Morgan fingerprint density at radius 2 is 2.38 bits per heavy atom. The molecule has 0 bridgehead atoms. The van der Waals surface area contributed by atoms with Gasteiger partial charge in [-0.25, -0.2) is 14.3 Å². The summed E-state index contributed by atoms with van der Waals surface area (Å²) in [7, 11) is 0. The zero-order valence-electron chi connectivity index (χ0n) is 6.18. The van der Waals surface area contributed by atoms with Gasteiger partial charge in [0.25, 0.3) is 5.82 Å². The highest BCUT2D eigenvalue weighted by molar-refractivity contribution is 6.29. The minimum Gasteiger partial charge on any atom is -0.475 e. The van der Waals surface area contributed by atoms with Crippen molar-refractivity contribution >= 4 is 23.2 Å². The molecule has 0 aliphatic heterocycles. The molecule has 2 aromatic rings. The molecule has 0 aliphatic carbocycles. The Morgan fingerprint density at radius 3 is 3.08 bits per heavy atom. The molecule has 0 aliphatic rings. The van der Waals surface area contributed by atoms with Gasteiger partial charge in [-0.1, -0.05) is 11.6 Å². The second kappa shape index (κ2) is 2.67. The molecule has 2 rings (SSSR count). The topological polar surface area (TPSA) is 80.4 Å². The number of fused-ring (bicyclic) bond motifs is 1. The van der Waals surface area contributed by atoms with Gasteiger partial charge in [0.1, 0.15) is 5.15 Å². The molecule has 2 heterocycles. The van der Waals surface area contributed by atoms with Crippen LogP contribution >= 0.6 is 11.6 Å². The van der Waals surface area contributed by atoms with Gasteiger partial charge in [-0.15, -0.1) is 5.10 Å². The fraction of sp³-hybridized carbons (Fsp3) is 0. The molecule has 0 fully saturated rings. The maximum absolute atomic E-state index is 10.5. The van der Waals surface area contributed by atoms with E-state index >= 15 is 0 Å². The Labute approximate surface area is 76.8 Å². The molecule has 0 aromatic carbocycles. The number of aromatic nitrogens is 4. The van der Waals surface area contributed by atoms with E-state index in [4.69, 9.17) is 16.7 Å². The number of carboxylic acids is 1. The zero-order valence-corrected chi connectivity index (χ0v) is 6.93. The van der Waals surface area contributed by atoms with Gasteiger partial charge in [0.05, 0.1) is 12.4 Å². The standard InChI is InChI=1S/C6H3ClN4O2/c7-3-2-11-4(1-8-3)9-5(10-11)6(12)13/h1-2H,(H,12,13). The van der Waals surface area contributed by atoms with Crippen molar-refractivity contribution in [3.8, 4) is 0 Å². The van der Waals surface area contributed by atoms with Gasteiger partial charge in [0.2, 0.25) is 0 Å². The van der Waals surface area contributed by atoms with Crippen LogP contribution in [0.25, 0.3) is 5.65 Å². The molecule has 0 saturated heterocycles. The van der Waals surface area contributed by atoms with E-state index in [-0.39, 0.29) is 11.0 Å². The molecule has 2 aromatic heterocycles. The molecule has 7 heteroatoms. The fourth-order valence-corrected chi connectivity index (χ4v) is 1.00. The van der Waals surface area contributed by atoms with E-state index in [1.807, 2.05) is 0 Å². The van der Waals surface area contributed by atoms with Crippen molar-refractivity contribution < 1.29 is 9.90 Å². The Balaban J connectivity index is 2.68. The molecular formula is C6H3ClN4O2. The van der Waals surface area contributed by atoms with E-state index in [0.29, 0.717) is 5.65 Å². The van der Waals surface area contributed by atoms with Gasteiger partial charge in [-0.3, -0.25) is 0 Å². The van der Waals surface area contributed by atoms with Crippen LogP contribution in [0.5, 0.6) is 0 Å². The van der Waals surface area contributed by atoms with Gasteiger partial charge in [0.15, 0.2) is 5.65 Å². The number of aromatic carboxylic acids is 1. The average Bonchev–Trinajstić information content (AvgIpc) is 2.46. The number of hydrogen-bond donors (Lipinski definition) is 1. The summed E-state index contributed by atoms with van der Waals surface area (Å²) in [6.45, 7) is 0. The van der Waals surface area contributed by atoms with E-state index in [2.05, 4.69) is 15.1 Å². The summed E-state index contributed by atoms with van der Waals surface area (Å²) in [6.07, 6.45) is 2.73. The van der Waals surface area contributed by atoms with Gasteiger partial charge < -0.3 is 5.11 Å². The molecule has 0 amide bonds. The number of halogens is 1. The number of carboxylic acid groups (broad SMARTS) is 1. The highest BCUT2D eigenvalue weighted by Gasteiger charge is 2.10. The summed E-state index contributed by atoms with van der Waals surface area (Å²) in [5, 5.41) is 12.4. The summed E-state index contributed by atoms with van der Waals surface area (Å²) in [4.78, 5) is 17.9. The van der Waals surface area contributed by atoms with Crippen LogP contribution in [0.3, 0.4) is 0 Å². The second-order valence-corrected chi connectivity index (χ2v) is 2.64. The monoisotopic (exact) mass is 198 g/mol. The zero-order chi connectivity index (χ0) is 9.42. The molecule has 13 heavy (non-hydrogen) atoms. The van der Waals surface area contributed by atoms with E-state index in [9.17, 15) is 4.79 Å². The molecule has 0 radical (unpaired) electrons. The van der Waals surface area contributed by atoms with Gasteiger partial charge in [0, 0.05) is 0 Å². The molecular weight excluding hydrogens is 196 g/mol. The number of nitrogens with zero attached hydrogens (tertiary/aromatic N) is 4. The molecule has 0 spiro atoms. The molecule has 1 N–H and O–H groups in total. The van der Waals surface area contributed by atoms with E-state index < -0.39 is 5.97 Å². The fourth-order valence-electron chi connectivity index (χ4n) is 0.863. The lowest BCUT2D eigenvalue weighted by molar-refractivity contribution is 0.0684. The SMILES string of the molecule is O=C(O)c1nc2cnc(Cl)cn2n1. The predicted octanol–water partition coefficient (Wildman–Crippen LogP) is 0.476. The quantitative estimate of drug-likeness (QED) is 0.721. The van der Waals surface area contributed by atoms with Crippen molar-refractivity contribution in [2.45, 2.75) is 0 Å². The predicted molar refractivity (Wildman–Crippen MR) is 42.8 cm³/mol. The summed E-state index contributed by atoms with van der Waals surface area (Å²) in [6, 6.07) is 0. The van der Waals surface area contributed by atoms with Crippen LogP contribution in [0.1, 0.15) is 10.6 Å². The van der Waals surface area contributed by atoms with Crippen LogP contribution in [0.2, 0.25) is 5.15 Å². The molecule has 6 nitrogen and oxygen atoms in total. The first kappa shape index (κ1) is 7.93. The van der Waals surface area contributed by atoms with Crippen LogP contribution < -0.4 is 0 Å². The number of hydrogen-bond acceptors (Lipinski definition) is 4. The van der Waals surface area contributed by atoms with Crippen molar-refractivity contribution in [2.75, 3.05) is 0 Å². The first-order chi connectivity index (χ1) is 6.16. The van der Waals surface area contributed by atoms with Crippen molar-refractivity contribution in [1.82, 2.24) is 19.6 Å². The largest absolute Gasteiger partial charge is 0.475 e. The maximum atomic E-state index is 10.5. The van der Waals surface area contributed by atoms with Gasteiger partial charge >= 0.3 is 5.97 Å². The van der Waals surface area contributed by atoms with Crippen LogP contribution in [0.15, 0.2) is 12.4 Å². The van der Waals surface area contributed by atoms with Crippen molar-refractivity contribution in [1.29, 1.82) is 0 Å². The van der Waals surface area contributed by atoms with Crippen LogP contribution in [-0.4, -0.2) is 30.7 Å². The molecule has 0 atom stereocenters. The Bertz CT molecular complexity index is 480. The Kier molecular flexibility index (Phi) is 1.63. The third kappa shape index (κ3) is 1.31. The highest BCUT2D eigenvalue weighted by Crippen LogP contribution is 2.05. The first-order valence-electron chi connectivity index (χ1n) is 3.28. The third-order valence-electron chi connectivity index (χ3n) is 1.38. The minimum absolute atomic E-state index is 0.231. The number of carbonyl (C=O) groups is 1. The van der Waals surface area contributed by atoms with Crippen molar-refractivity contribution in [3.05, 3.63) is 23.4 Å². The number of rotatable bonds is 1. The lowest BCUT2D eigenvalue weighted by Gasteiger charge is -1.88. The van der Waals surface area contributed by atoms with E-state index in [1.165, 1.54) is 16.9 Å². The summed E-state index contributed by atoms with van der Waals surface area (Å²) in [5.41, 5.74) is 0.349. The van der Waals surface area contributed by atoms with Gasteiger partial charge in [-0.2, -0.15) is 4.98 Å². The van der Waals surface area contributed by atoms with Crippen LogP contribution in [0.4, 0.5) is 0 Å². The Hall–Kier alpha value is -1.69. The van der Waals surface area contributed by atoms with E-state index in [1.54, 1.807) is 0 Å². The summed E-state index contributed by atoms with van der Waals surface area (Å²) in [5.74, 6) is -1.45. The third-order valence-corrected chi connectivity index (χ3v) is 1.58. The first-order valence-corrected chi connectivity index (χ1v) is 3.66. The lowest BCUT2D eigenvalue weighted by atomic mass is 10.6. The summed E-state index contributed by atoms with van der Waals surface area (Å²) < 4.78 is 1.26.